The van der Waals surface area contributed by atoms with E-state index in [0.29, 0.717) is 22.7 Å². The van der Waals surface area contributed by atoms with E-state index in [-0.39, 0.29) is 17.8 Å². The number of ether oxygens (including phenoxy) is 2. The molecule has 2 heterocycles. The van der Waals surface area contributed by atoms with E-state index in [1.54, 1.807) is 7.11 Å². The molecule has 0 fully saturated rings. The monoisotopic (exact) mass is 433 g/mol. The molecule has 1 amide bonds. The summed E-state index contributed by atoms with van der Waals surface area (Å²) in [4.78, 5) is 16.7. The maximum absolute atomic E-state index is 12.4. The van der Waals surface area contributed by atoms with Crippen molar-refractivity contribution in [2.75, 3.05) is 12.4 Å². The number of rotatable bonds is 9. The van der Waals surface area contributed by atoms with Gasteiger partial charge in [0.15, 0.2) is 16.1 Å². The predicted octanol–water partition coefficient (Wildman–Crippen LogP) is 3.77. The van der Waals surface area contributed by atoms with Gasteiger partial charge in [-0.1, -0.05) is 11.8 Å². The number of nitrogens with zero attached hydrogens (tertiary/aromatic N) is 4. The van der Waals surface area contributed by atoms with Gasteiger partial charge in [-0.25, -0.2) is 4.98 Å². The largest absolute Gasteiger partial charge is 0.497 e. The third-order valence-corrected chi connectivity index (χ3v) is 5.99. The lowest BCUT2D eigenvalue weighted by atomic mass is 10.3. The van der Waals surface area contributed by atoms with Gasteiger partial charge in [-0.15, -0.1) is 21.5 Å². The number of anilines is 1. The minimum absolute atomic E-state index is 0.119. The fourth-order valence-corrected chi connectivity index (χ4v) is 4.10. The molecule has 0 radical (unpaired) electrons. The molecule has 0 saturated heterocycles. The molecule has 0 bridgehead atoms. The second-order valence-electron chi connectivity index (χ2n) is 6.15. The number of aryl methyl sites for hydroxylation is 1. The SMILES string of the molecule is CCn1c(COc2ccc(OC)cc2)nnc1SC(C)C(=O)Nc1nc(C)cs1. The third-order valence-electron chi connectivity index (χ3n) is 4.04. The van der Waals surface area contributed by atoms with Crippen LogP contribution in [0.1, 0.15) is 25.4 Å². The van der Waals surface area contributed by atoms with Gasteiger partial charge >= 0.3 is 0 Å². The van der Waals surface area contributed by atoms with Gasteiger partial charge in [0.2, 0.25) is 5.91 Å². The summed E-state index contributed by atoms with van der Waals surface area (Å²) in [6.45, 7) is 6.70. The molecule has 2 aromatic heterocycles. The maximum Gasteiger partial charge on any atom is 0.239 e. The third kappa shape index (κ3) is 5.48. The molecule has 10 heteroatoms. The van der Waals surface area contributed by atoms with E-state index in [0.717, 1.165) is 17.2 Å². The molecule has 1 aromatic carbocycles. The van der Waals surface area contributed by atoms with E-state index in [4.69, 9.17) is 9.47 Å². The number of hydrogen-bond donors (Lipinski definition) is 1. The minimum atomic E-state index is -0.343. The number of nitrogens with one attached hydrogen (secondary N) is 1. The first-order valence-corrected chi connectivity index (χ1v) is 10.8. The highest BCUT2D eigenvalue weighted by Gasteiger charge is 2.20. The van der Waals surface area contributed by atoms with Gasteiger partial charge in [0.1, 0.15) is 18.1 Å². The topological polar surface area (TPSA) is 91.2 Å². The zero-order chi connectivity index (χ0) is 20.8. The lowest BCUT2D eigenvalue weighted by molar-refractivity contribution is -0.115. The standard InChI is InChI=1S/C19H23N5O3S2/c1-5-24-16(10-27-15-8-6-14(26-4)7-9-15)22-23-19(24)29-13(3)17(25)21-18-20-12(2)11-28-18/h6-9,11,13H,5,10H2,1-4H3,(H,20,21,25). The molecule has 0 aliphatic heterocycles. The van der Waals surface area contributed by atoms with Crippen LogP contribution in [0.25, 0.3) is 0 Å². The van der Waals surface area contributed by atoms with Crippen molar-refractivity contribution in [2.45, 2.75) is 44.3 Å². The van der Waals surface area contributed by atoms with Crippen LogP contribution < -0.4 is 14.8 Å². The first kappa shape index (κ1) is 21.1. The summed E-state index contributed by atoms with van der Waals surface area (Å²) in [6.07, 6.45) is 0. The van der Waals surface area contributed by atoms with Gasteiger partial charge in [-0.05, 0) is 45.0 Å². The number of amides is 1. The van der Waals surface area contributed by atoms with Crippen LogP contribution in [0.15, 0.2) is 34.8 Å². The highest BCUT2D eigenvalue weighted by molar-refractivity contribution is 8.00. The molecule has 154 valence electrons. The molecule has 0 saturated carbocycles. The number of benzene rings is 1. The number of thiazole rings is 1. The fourth-order valence-electron chi connectivity index (χ4n) is 2.48. The number of carbonyl (C=O) groups excluding carboxylic acids is 1. The lowest BCUT2D eigenvalue weighted by Crippen LogP contribution is -2.23. The number of aromatic nitrogens is 4. The van der Waals surface area contributed by atoms with Crippen molar-refractivity contribution in [3.05, 3.63) is 41.2 Å². The van der Waals surface area contributed by atoms with Crippen LogP contribution in [0.2, 0.25) is 0 Å². The second kappa shape index (κ2) is 9.75. The molecule has 0 spiro atoms. The Balaban J connectivity index is 1.61. The maximum atomic E-state index is 12.4. The molecule has 0 aliphatic carbocycles. The van der Waals surface area contributed by atoms with Crippen LogP contribution in [0, 0.1) is 6.92 Å². The van der Waals surface area contributed by atoms with Gasteiger partial charge in [0, 0.05) is 11.9 Å². The van der Waals surface area contributed by atoms with Crippen molar-refractivity contribution in [1.29, 1.82) is 0 Å². The Kier molecular flexibility index (Phi) is 7.10. The zero-order valence-corrected chi connectivity index (χ0v) is 18.3. The van der Waals surface area contributed by atoms with E-state index >= 15 is 0 Å². The summed E-state index contributed by atoms with van der Waals surface area (Å²) >= 11 is 2.77. The molecule has 1 N–H and O–H groups in total. The first-order chi connectivity index (χ1) is 14.0. The number of thioether (sulfide) groups is 1. The van der Waals surface area contributed by atoms with Gasteiger partial charge in [-0.2, -0.15) is 0 Å². The van der Waals surface area contributed by atoms with E-state index in [2.05, 4.69) is 20.5 Å². The summed E-state index contributed by atoms with van der Waals surface area (Å²) in [7, 11) is 1.62. The van der Waals surface area contributed by atoms with E-state index < -0.39 is 0 Å². The zero-order valence-electron chi connectivity index (χ0n) is 16.7. The highest BCUT2D eigenvalue weighted by Crippen LogP contribution is 2.25. The molecule has 8 nitrogen and oxygen atoms in total. The van der Waals surface area contributed by atoms with Crippen molar-refractivity contribution >= 4 is 34.1 Å². The van der Waals surface area contributed by atoms with Gasteiger partial charge in [0.25, 0.3) is 0 Å². The van der Waals surface area contributed by atoms with Crippen molar-refractivity contribution in [2.24, 2.45) is 0 Å². The number of methoxy groups -OCH3 is 1. The van der Waals surface area contributed by atoms with E-state index in [1.165, 1.54) is 23.1 Å². The molecule has 3 aromatic rings. The quantitative estimate of drug-likeness (QED) is 0.514. The Labute approximate surface area is 177 Å². The normalized spacial score (nSPS) is 11.9. The molecule has 1 atom stereocenters. The van der Waals surface area contributed by atoms with Crippen molar-refractivity contribution in [3.8, 4) is 11.5 Å². The highest BCUT2D eigenvalue weighted by atomic mass is 32.2. The fraction of sp³-hybridized carbons (Fsp3) is 0.368. The van der Waals surface area contributed by atoms with Crippen molar-refractivity contribution in [3.63, 3.8) is 0 Å². The van der Waals surface area contributed by atoms with Crippen LogP contribution in [-0.4, -0.2) is 38.0 Å². The summed E-state index contributed by atoms with van der Waals surface area (Å²) < 4.78 is 12.9. The van der Waals surface area contributed by atoms with Gasteiger partial charge in [0.05, 0.1) is 18.1 Å². The molecular weight excluding hydrogens is 410 g/mol. The summed E-state index contributed by atoms with van der Waals surface area (Å²) in [5.74, 6) is 2.07. The second-order valence-corrected chi connectivity index (χ2v) is 8.32. The van der Waals surface area contributed by atoms with E-state index in [1.807, 2.05) is 55.0 Å². The summed E-state index contributed by atoms with van der Waals surface area (Å²) in [5.41, 5.74) is 0.887. The summed E-state index contributed by atoms with van der Waals surface area (Å²) in [5, 5.41) is 14.2. The van der Waals surface area contributed by atoms with Crippen LogP contribution in [0.5, 0.6) is 11.5 Å². The molecule has 29 heavy (non-hydrogen) atoms. The van der Waals surface area contributed by atoms with Crippen molar-refractivity contribution in [1.82, 2.24) is 19.7 Å². The average molecular weight is 434 g/mol. The van der Waals surface area contributed by atoms with Gasteiger partial charge < -0.3 is 19.4 Å². The Morgan fingerprint density at radius 2 is 2.00 bits per heavy atom. The van der Waals surface area contributed by atoms with Crippen molar-refractivity contribution < 1.29 is 14.3 Å². The Morgan fingerprint density at radius 1 is 1.28 bits per heavy atom. The summed E-state index contributed by atoms with van der Waals surface area (Å²) in [6, 6.07) is 7.36. The number of hydrogen-bond acceptors (Lipinski definition) is 8. The Hall–Kier alpha value is -2.59. The molecule has 1 unspecified atom stereocenters. The van der Waals surface area contributed by atoms with E-state index in [9.17, 15) is 4.79 Å². The smallest absolute Gasteiger partial charge is 0.239 e. The average Bonchev–Trinajstić information content (AvgIpc) is 3.31. The molecule has 0 aliphatic rings. The minimum Gasteiger partial charge on any atom is -0.497 e. The number of carbonyl (C=O) groups is 1. The Bertz CT molecular complexity index is 955. The molecular formula is C19H23N5O3S2. The lowest BCUT2D eigenvalue weighted by Gasteiger charge is -2.12. The van der Waals surface area contributed by atoms with Crippen LogP contribution in [0.4, 0.5) is 5.13 Å². The van der Waals surface area contributed by atoms with Crippen LogP contribution in [-0.2, 0) is 17.9 Å². The predicted molar refractivity (Wildman–Crippen MR) is 114 cm³/mol. The van der Waals surface area contributed by atoms with Crippen LogP contribution >= 0.6 is 23.1 Å². The Morgan fingerprint density at radius 3 is 2.62 bits per heavy atom. The van der Waals surface area contributed by atoms with Crippen LogP contribution in [0.3, 0.4) is 0 Å². The first-order valence-electron chi connectivity index (χ1n) is 9.08. The van der Waals surface area contributed by atoms with Gasteiger partial charge in [-0.3, -0.25) is 4.79 Å². The molecule has 3 rings (SSSR count).